The van der Waals surface area contributed by atoms with Crippen molar-refractivity contribution < 1.29 is 4.79 Å². The number of hydrogen-bond acceptors (Lipinski definition) is 2. The maximum Gasteiger partial charge on any atom is 0.234 e. The summed E-state index contributed by atoms with van der Waals surface area (Å²) in [6.07, 6.45) is 8.38. The molecular formula is C13H26N2O. The topological polar surface area (TPSA) is 41.1 Å². The van der Waals surface area contributed by atoms with Crippen LogP contribution in [-0.4, -0.2) is 24.5 Å². The summed E-state index contributed by atoms with van der Waals surface area (Å²) in [7, 11) is 0. The average Bonchev–Trinajstić information content (AvgIpc) is 3.06. The lowest BCUT2D eigenvalue weighted by atomic mass is 10.1. The SMILES string of the molecule is CCCCC(CCC)NCC(=O)NC1CC1. The van der Waals surface area contributed by atoms with Gasteiger partial charge < -0.3 is 10.6 Å². The third-order valence-corrected chi connectivity index (χ3v) is 3.04. The molecule has 0 spiro atoms. The van der Waals surface area contributed by atoms with Crippen LogP contribution in [0.4, 0.5) is 0 Å². The van der Waals surface area contributed by atoms with Crippen molar-refractivity contribution in [3.05, 3.63) is 0 Å². The molecule has 0 bridgehead atoms. The van der Waals surface area contributed by atoms with Crippen LogP contribution in [0.1, 0.15) is 58.8 Å². The van der Waals surface area contributed by atoms with Crippen molar-refractivity contribution in [1.29, 1.82) is 0 Å². The molecule has 1 amide bonds. The largest absolute Gasteiger partial charge is 0.352 e. The molecule has 1 unspecified atom stereocenters. The lowest BCUT2D eigenvalue weighted by Gasteiger charge is -2.17. The van der Waals surface area contributed by atoms with Crippen LogP contribution in [-0.2, 0) is 4.79 Å². The Labute approximate surface area is 99.4 Å². The fourth-order valence-electron chi connectivity index (χ4n) is 1.89. The summed E-state index contributed by atoms with van der Waals surface area (Å²) < 4.78 is 0. The van der Waals surface area contributed by atoms with Gasteiger partial charge in [0.2, 0.25) is 5.91 Å². The molecule has 1 aliphatic rings. The minimum Gasteiger partial charge on any atom is -0.352 e. The van der Waals surface area contributed by atoms with Crippen molar-refractivity contribution in [2.75, 3.05) is 6.54 Å². The van der Waals surface area contributed by atoms with Gasteiger partial charge in [-0.05, 0) is 25.7 Å². The van der Waals surface area contributed by atoms with Gasteiger partial charge in [0.25, 0.3) is 0 Å². The Bertz CT molecular complexity index is 202. The molecule has 2 N–H and O–H groups in total. The first-order valence-corrected chi connectivity index (χ1v) is 6.79. The second-order valence-electron chi connectivity index (χ2n) is 4.85. The van der Waals surface area contributed by atoms with Crippen LogP contribution < -0.4 is 10.6 Å². The van der Waals surface area contributed by atoms with Crippen molar-refractivity contribution >= 4 is 5.91 Å². The van der Waals surface area contributed by atoms with Gasteiger partial charge in [-0.1, -0.05) is 33.1 Å². The Morgan fingerprint density at radius 1 is 1.25 bits per heavy atom. The molecule has 1 atom stereocenters. The van der Waals surface area contributed by atoms with Gasteiger partial charge in [-0.3, -0.25) is 4.79 Å². The van der Waals surface area contributed by atoms with Gasteiger partial charge in [0.15, 0.2) is 0 Å². The minimum atomic E-state index is 0.167. The Morgan fingerprint density at radius 3 is 2.56 bits per heavy atom. The van der Waals surface area contributed by atoms with Gasteiger partial charge in [0.05, 0.1) is 6.54 Å². The molecule has 0 aromatic carbocycles. The minimum absolute atomic E-state index is 0.167. The lowest BCUT2D eigenvalue weighted by Crippen LogP contribution is -2.39. The molecule has 0 saturated heterocycles. The van der Waals surface area contributed by atoms with E-state index in [4.69, 9.17) is 0 Å². The molecule has 1 rings (SSSR count). The maximum atomic E-state index is 11.5. The van der Waals surface area contributed by atoms with E-state index in [1.165, 1.54) is 44.9 Å². The number of hydrogen-bond donors (Lipinski definition) is 2. The van der Waals surface area contributed by atoms with Crippen molar-refractivity contribution in [3.8, 4) is 0 Å². The molecule has 1 fully saturated rings. The molecule has 0 heterocycles. The molecule has 1 saturated carbocycles. The third kappa shape index (κ3) is 6.11. The first-order valence-electron chi connectivity index (χ1n) is 6.79. The van der Waals surface area contributed by atoms with Crippen LogP contribution in [0, 0.1) is 0 Å². The van der Waals surface area contributed by atoms with Gasteiger partial charge in [-0.15, -0.1) is 0 Å². The van der Waals surface area contributed by atoms with Crippen LogP contribution in [0.15, 0.2) is 0 Å². The van der Waals surface area contributed by atoms with Crippen LogP contribution in [0.5, 0.6) is 0 Å². The molecule has 0 aliphatic heterocycles. The van der Waals surface area contributed by atoms with E-state index in [0.717, 1.165) is 0 Å². The second-order valence-corrected chi connectivity index (χ2v) is 4.85. The summed E-state index contributed by atoms with van der Waals surface area (Å²) in [5.41, 5.74) is 0. The average molecular weight is 226 g/mol. The molecule has 16 heavy (non-hydrogen) atoms. The van der Waals surface area contributed by atoms with Crippen LogP contribution in [0.25, 0.3) is 0 Å². The van der Waals surface area contributed by atoms with Gasteiger partial charge in [-0.2, -0.15) is 0 Å². The number of rotatable bonds is 9. The van der Waals surface area contributed by atoms with E-state index in [1.807, 2.05) is 0 Å². The van der Waals surface area contributed by atoms with Gasteiger partial charge in [0, 0.05) is 12.1 Å². The quantitative estimate of drug-likeness (QED) is 0.633. The lowest BCUT2D eigenvalue weighted by molar-refractivity contribution is -0.120. The van der Waals surface area contributed by atoms with E-state index in [0.29, 0.717) is 18.6 Å². The predicted molar refractivity (Wildman–Crippen MR) is 67.4 cm³/mol. The highest BCUT2D eigenvalue weighted by atomic mass is 16.2. The molecule has 1 aliphatic carbocycles. The molecule has 0 aromatic heterocycles. The monoisotopic (exact) mass is 226 g/mol. The zero-order valence-corrected chi connectivity index (χ0v) is 10.7. The van der Waals surface area contributed by atoms with Crippen LogP contribution in [0.3, 0.4) is 0 Å². The second kappa shape index (κ2) is 7.66. The van der Waals surface area contributed by atoms with Crippen molar-refractivity contribution in [1.82, 2.24) is 10.6 Å². The molecule has 0 radical (unpaired) electrons. The standard InChI is InChI=1S/C13H26N2O/c1-3-5-7-11(6-4-2)14-10-13(16)15-12-8-9-12/h11-12,14H,3-10H2,1-2H3,(H,15,16). The number of nitrogens with one attached hydrogen (secondary N) is 2. The van der Waals surface area contributed by atoms with Crippen LogP contribution in [0.2, 0.25) is 0 Å². The summed E-state index contributed by atoms with van der Waals surface area (Å²) in [4.78, 5) is 11.5. The molecule has 0 aromatic rings. The zero-order chi connectivity index (χ0) is 11.8. The van der Waals surface area contributed by atoms with E-state index in [9.17, 15) is 4.79 Å². The summed E-state index contributed by atoms with van der Waals surface area (Å²) >= 11 is 0. The highest BCUT2D eigenvalue weighted by Gasteiger charge is 2.23. The van der Waals surface area contributed by atoms with Crippen molar-refractivity contribution in [2.24, 2.45) is 0 Å². The van der Waals surface area contributed by atoms with E-state index in [-0.39, 0.29) is 5.91 Å². The Morgan fingerprint density at radius 2 is 2.00 bits per heavy atom. The Balaban J connectivity index is 2.11. The van der Waals surface area contributed by atoms with Crippen LogP contribution >= 0.6 is 0 Å². The number of carbonyl (C=O) groups excluding carboxylic acids is 1. The number of amides is 1. The third-order valence-electron chi connectivity index (χ3n) is 3.04. The summed E-state index contributed by atoms with van der Waals surface area (Å²) in [6.45, 7) is 4.90. The van der Waals surface area contributed by atoms with Gasteiger partial charge >= 0.3 is 0 Å². The van der Waals surface area contributed by atoms with Gasteiger partial charge in [-0.25, -0.2) is 0 Å². The fraction of sp³-hybridized carbons (Fsp3) is 0.923. The summed E-state index contributed by atoms with van der Waals surface area (Å²) in [5.74, 6) is 0.167. The highest BCUT2D eigenvalue weighted by Crippen LogP contribution is 2.18. The van der Waals surface area contributed by atoms with E-state index in [2.05, 4.69) is 24.5 Å². The smallest absolute Gasteiger partial charge is 0.234 e. The van der Waals surface area contributed by atoms with E-state index >= 15 is 0 Å². The summed E-state index contributed by atoms with van der Waals surface area (Å²) in [5, 5.41) is 6.38. The van der Waals surface area contributed by atoms with Gasteiger partial charge in [0.1, 0.15) is 0 Å². The Kier molecular flexibility index (Phi) is 6.46. The zero-order valence-electron chi connectivity index (χ0n) is 10.7. The first kappa shape index (κ1) is 13.5. The van der Waals surface area contributed by atoms with E-state index < -0.39 is 0 Å². The molecule has 3 heteroatoms. The number of carbonyl (C=O) groups is 1. The number of unbranched alkanes of at least 4 members (excludes halogenated alkanes) is 1. The maximum absolute atomic E-state index is 11.5. The first-order chi connectivity index (χ1) is 7.76. The predicted octanol–water partition coefficient (Wildman–Crippen LogP) is 2.21. The highest BCUT2D eigenvalue weighted by molar-refractivity contribution is 5.78. The fourth-order valence-corrected chi connectivity index (χ4v) is 1.89. The van der Waals surface area contributed by atoms with E-state index in [1.54, 1.807) is 0 Å². The van der Waals surface area contributed by atoms with Crippen molar-refractivity contribution in [3.63, 3.8) is 0 Å². The molecular weight excluding hydrogens is 200 g/mol. The molecule has 3 nitrogen and oxygen atoms in total. The molecule has 94 valence electrons. The van der Waals surface area contributed by atoms with Crippen molar-refractivity contribution in [2.45, 2.75) is 70.9 Å². The normalized spacial score (nSPS) is 17.1. The summed E-state index contributed by atoms with van der Waals surface area (Å²) in [6, 6.07) is 1.00. The Hall–Kier alpha value is -0.570.